The maximum absolute atomic E-state index is 2.69. The third-order valence-electron chi connectivity index (χ3n) is 3.34. The van der Waals surface area contributed by atoms with E-state index in [0.717, 1.165) is 5.92 Å². The predicted molar refractivity (Wildman–Crippen MR) is 60.3 cm³/mol. The second kappa shape index (κ2) is 5.26. The van der Waals surface area contributed by atoms with Gasteiger partial charge in [-0.05, 0) is 18.8 Å². The van der Waals surface area contributed by atoms with Crippen LogP contribution in [0.4, 0.5) is 0 Å². The molecule has 1 heterocycles. The van der Waals surface area contributed by atoms with Crippen molar-refractivity contribution in [1.82, 2.24) is 4.90 Å². The van der Waals surface area contributed by atoms with Crippen LogP contribution in [0.5, 0.6) is 0 Å². The van der Waals surface area contributed by atoms with Gasteiger partial charge in [-0.1, -0.05) is 19.3 Å². The number of thioether (sulfide) groups is 1. The van der Waals surface area contributed by atoms with Gasteiger partial charge in [0.2, 0.25) is 0 Å². The van der Waals surface area contributed by atoms with E-state index in [1.54, 1.807) is 0 Å². The second-order valence-corrected chi connectivity index (χ2v) is 5.64. The van der Waals surface area contributed by atoms with E-state index < -0.39 is 0 Å². The summed E-state index contributed by atoms with van der Waals surface area (Å²) in [5.74, 6) is 3.77. The van der Waals surface area contributed by atoms with Gasteiger partial charge < -0.3 is 4.90 Å². The molecule has 76 valence electrons. The van der Waals surface area contributed by atoms with Crippen LogP contribution in [-0.2, 0) is 0 Å². The lowest BCUT2D eigenvalue weighted by molar-refractivity contribution is 0.216. The SMILES string of the molecule is C1CCC(CN2CCSCC2)CC1. The topological polar surface area (TPSA) is 3.24 Å². The molecule has 0 N–H and O–H groups in total. The Balaban J connectivity index is 1.69. The highest BCUT2D eigenvalue weighted by Gasteiger charge is 2.18. The minimum absolute atomic E-state index is 1.04. The van der Waals surface area contributed by atoms with E-state index in [9.17, 15) is 0 Å². The fraction of sp³-hybridized carbons (Fsp3) is 1.00. The lowest BCUT2D eigenvalue weighted by atomic mass is 9.89. The third-order valence-corrected chi connectivity index (χ3v) is 4.29. The smallest absolute Gasteiger partial charge is 0.00728 e. The summed E-state index contributed by atoms with van der Waals surface area (Å²) in [6.07, 6.45) is 7.49. The van der Waals surface area contributed by atoms with Crippen molar-refractivity contribution in [3.63, 3.8) is 0 Å². The molecule has 2 aliphatic rings. The highest BCUT2D eigenvalue weighted by molar-refractivity contribution is 7.99. The van der Waals surface area contributed by atoms with E-state index >= 15 is 0 Å². The van der Waals surface area contributed by atoms with E-state index in [4.69, 9.17) is 0 Å². The first-order valence-electron chi connectivity index (χ1n) is 5.75. The van der Waals surface area contributed by atoms with Crippen molar-refractivity contribution in [2.24, 2.45) is 5.92 Å². The predicted octanol–water partition coefficient (Wildman–Crippen LogP) is 2.62. The Hall–Kier alpha value is 0.310. The molecule has 13 heavy (non-hydrogen) atoms. The Kier molecular flexibility index (Phi) is 3.98. The molecule has 1 saturated heterocycles. The molecule has 1 saturated carbocycles. The number of nitrogens with zero attached hydrogens (tertiary/aromatic N) is 1. The Bertz CT molecular complexity index is 121. The van der Waals surface area contributed by atoms with Gasteiger partial charge in [-0.2, -0.15) is 11.8 Å². The van der Waals surface area contributed by atoms with Crippen LogP contribution in [0.2, 0.25) is 0 Å². The molecule has 0 atom stereocenters. The van der Waals surface area contributed by atoms with Gasteiger partial charge in [0.25, 0.3) is 0 Å². The van der Waals surface area contributed by atoms with E-state index in [0.29, 0.717) is 0 Å². The Labute approximate surface area is 86.3 Å². The van der Waals surface area contributed by atoms with Gasteiger partial charge in [0.1, 0.15) is 0 Å². The minimum atomic E-state index is 1.04. The molecule has 2 fully saturated rings. The Morgan fingerprint density at radius 1 is 1.00 bits per heavy atom. The van der Waals surface area contributed by atoms with Crippen LogP contribution < -0.4 is 0 Å². The molecule has 1 nitrogen and oxygen atoms in total. The fourth-order valence-electron chi connectivity index (χ4n) is 2.52. The van der Waals surface area contributed by atoms with Crippen LogP contribution in [0.3, 0.4) is 0 Å². The van der Waals surface area contributed by atoms with Crippen LogP contribution in [0, 0.1) is 5.92 Å². The van der Waals surface area contributed by atoms with Crippen molar-refractivity contribution >= 4 is 11.8 Å². The normalized spacial score (nSPS) is 27.7. The highest BCUT2D eigenvalue weighted by Crippen LogP contribution is 2.25. The largest absolute Gasteiger partial charge is 0.301 e. The molecule has 0 amide bonds. The van der Waals surface area contributed by atoms with Crippen molar-refractivity contribution in [2.75, 3.05) is 31.1 Å². The van der Waals surface area contributed by atoms with E-state index in [1.807, 2.05) is 0 Å². The first kappa shape index (κ1) is 9.85. The minimum Gasteiger partial charge on any atom is -0.301 e. The summed E-state index contributed by atoms with van der Waals surface area (Å²) in [6, 6.07) is 0. The van der Waals surface area contributed by atoms with Crippen molar-refractivity contribution < 1.29 is 0 Å². The van der Waals surface area contributed by atoms with Gasteiger partial charge in [-0.15, -0.1) is 0 Å². The second-order valence-electron chi connectivity index (χ2n) is 4.42. The molecule has 0 aromatic rings. The molecule has 0 bridgehead atoms. The molecular formula is C11H21NS. The van der Waals surface area contributed by atoms with Crippen molar-refractivity contribution in [1.29, 1.82) is 0 Å². The van der Waals surface area contributed by atoms with Crippen LogP contribution >= 0.6 is 11.8 Å². The Morgan fingerprint density at radius 3 is 2.38 bits per heavy atom. The molecule has 0 radical (unpaired) electrons. The lowest BCUT2D eigenvalue weighted by Crippen LogP contribution is -2.36. The van der Waals surface area contributed by atoms with Crippen molar-refractivity contribution in [2.45, 2.75) is 32.1 Å². The van der Waals surface area contributed by atoms with Gasteiger partial charge >= 0.3 is 0 Å². The van der Waals surface area contributed by atoms with Gasteiger partial charge in [0, 0.05) is 31.1 Å². The summed E-state index contributed by atoms with van der Waals surface area (Å²) in [5.41, 5.74) is 0. The monoisotopic (exact) mass is 199 g/mol. The van der Waals surface area contributed by atoms with E-state index in [1.165, 1.54) is 63.2 Å². The average Bonchev–Trinajstić information content (AvgIpc) is 2.21. The third kappa shape index (κ3) is 3.17. The maximum atomic E-state index is 2.69. The summed E-state index contributed by atoms with van der Waals surface area (Å²) in [6.45, 7) is 4.10. The molecule has 0 aromatic heterocycles. The molecule has 1 aliphatic carbocycles. The van der Waals surface area contributed by atoms with Crippen LogP contribution in [0.25, 0.3) is 0 Å². The zero-order valence-corrected chi connectivity index (χ0v) is 9.32. The summed E-state index contributed by atoms with van der Waals surface area (Å²) in [7, 11) is 0. The first-order chi connectivity index (χ1) is 6.45. The maximum Gasteiger partial charge on any atom is 0.00728 e. The standard InChI is InChI=1S/C11H21NS/c1-2-4-11(5-3-1)10-12-6-8-13-9-7-12/h11H,1-10H2. The molecule has 2 heteroatoms. The molecule has 1 aliphatic heterocycles. The summed E-state index contributed by atoms with van der Waals surface area (Å²) in [5, 5.41) is 0. The van der Waals surface area contributed by atoms with Gasteiger partial charge in [0.15, 0.2) is 0 Å². The van der Waals surface area contributed by atoms with Crippen LogP contribution in [0.15, 0.2) is 0 Å². The zero-order chi connectivity index (χ0) is 8.93. The van der Waals surface area contributed by atoms with Crippen molar-refractivity contribution in [3.8, 4) is 0 Å². The van der Waals surface area contributed by atoms with Gasteiger partial charge in [0.05, 0.1) is 0 Å². The first-order valence-corrected chi connectivity index (χ1v) is 6.91. The van der Waals surface area contributed by atoms with Crippen LogP contribution in [-0.4, -0.2) is 36.0 Å². The van der Waals surface area contributed by atoms with Crippen molar-refractivity contribution in [3.05, 3.63) is 0 Å². The lowest BCUT2D eigenvalue weighted by Gasteiger charge is -2.31. The highest BCUT2D eigenvalue weighted by atomic mass is 32.2. The average molecular weight is 199 g/mol. The molecule has 0 aromatic carbocycles. The summed E-state index contributed by atoms with van der Waals surface area (Å²) in [4.78, 5) is 2.69. The van der Waals surface area contributed by atoms with Gasteiger partial charge in [-0.25, -0.2) is 0 Å². The molecule has 0 unspecified atom stereocenters. The molecule has 2 rings (SSSR count). The number of rotatable bonds is 2. The van der Waals surface area contributed by atoms with Gasteiger partial charge in [-0.3, -0.25) is 0 Å². The summed E-state index contributed by atoms with van der Waals surface area (Å²) < 4.78 is 0. The number of hydrogen-bond donors (Lipinski definition) is 0. The van der Waals surface area contributed by atoms with E-state index in [-0.39, 0.29) is 0 Å². The van der Waals surface area contributed by atoms with Crippen LogP contribution in [0.1, 0.15) is 32.1 Å². The number of hydrogen-bond acceptors (Lipinski definition) is 2. The van der Waals surface area contributed by atoms with E-state index in [2.05, 4.69) is 16.7 Å². The fourth-order valence-corrected chi connectivity index (χ4v) is 3.50. The molecular weight excluding hydrogens is 178 g/mol. The quantitative estimate of drug-likeness (QED) is 0.672. The summed E-state index contributed by atoms with van der Waals surface area (Å²) >= 11 is 2.12. The Morgan fingerprint density at radius 2 is 1.69 bits per heavy atom. The zero-order valence-electron chi connectivity index (χ0n) is 8.50. The molecule has 0 spiro atoms.